The number of hydrogen-bond donors (Lipinski definition) is 2. The Balaban J connectivity index is 1.43. The highest BCUT2D eigenvalue weighted by molar-refractivity contribution is 5.94. The third-order valence-corrected chi connectivity index (χ3v) is 5.66. The first-order valence-corrected chi connectivity index (χ1v) is 9.96. The van der Waals surface area contributed by atoms with Gasteiger partial charge in [-0.25, -0.2) is 9.97 Å². The second kappa shape index (κ2) is 8.24. The van der Waals surface area contributed by atoms with Crippen molar-refractivity contribution < 1.29 is 9.90 Å². The van der Waals surface area contributed by atoms with Crippen molar-refractivity contribution in [2.24, 2.45) is 5.92 Å². The lowest BCUT2D eigenvalue weighted by molar-refractivity contribution is 0.0407. The number of amides is 1. The van der Waals surface area contributed by atoms with E-state index >= 15 is 0 Å². The molecule has 2 aromatic rings. The first-order chi connectivity index (χ1) is 13.6. The number of hydrogen-bond acceptors (Lipinski definition) is 6. The van der Waals surface area contributed by atoms with Gasteiger partial charge in [-0.1, -0.05) is 12.1 Å². The van der Waals surface area contributed by atoms with Gasteiger partial charge < -0.3 is 15.7 Å². The number of nitrogen functional groups attached to an aromatic ring is 1. The molecule has 1 aliphatic heterocycles. The van der Waals surface area contributed by atoms with Gasteiger partial charge in [-0.3, -0.25) is 9.69 Å². The number of carbonyl (C=O) groups is 1. The molecule has 0 unspecified atom stereocenters. The lowest BCUT2D eigenvalue weighted by atomic mass is 10.0. The van der Waals surface area contributed by atoms with Crippen LogP contribution in [0, 0.1) is 5.92 Å². The molecular formula is C21H27N5O2. The number of benzene rings is 1. The Bertz CT molecular complexity index is 822. The third-order valence-electron chi connectivity index (χ3n) is 5.66. The minimum absolute atomic E-state index is 0.0442. The van der Waals surface area contributed by atoms with E-state index in [1.807, 2.05) is 29.2 Å². The van der Waals surface area contributed by atoms with E-state index in [1.54, 1.807) is 6.07 Å². The number of nitrogens with two attached hydrogens (primary N) is 1. The Labute approximate surface area is 165 Å². The Morgan fingerprint density at radius 1 is 1.18 bits per heavy atom. The van der Waals surface area contributed by atoms with Crippen LogP contribution in [0.5, 0.6) is 0 Å². The standard InChI is InChI=1S/C21H27N5O2/c22-20-11-19(23-14-24-20)16-3-5-17(6-4-16)21(28)26-9-8-25(12-15-1-2-15)18(13-26)7-10-27/h3-6,11,14-15,18,27H,1-2,7-10,12-13H2,(H2,22,23,24)/t18-/m1/s1. The van der Waals surface area contributed by atoms with Gasteiger partial charge in [0.05, 0.1) is 5.69 Å². The molecule has 1 aromatic carbocycles. The number of aromatic nitrogens is 2. The van der Waals surface area contributed by atoms with Crippen molar-refractivity contribution in [3.05, 3.63) is 42.2 Å². The van der Waals surface area contributed by atoms with Crippen LogP contribution in [0.15, 0.2) is 36.7 Å². The van der Waals surface area contributed by atoms with Crippen molar-refractivity contribution >= 4 is 11.7 Å². The van der Waals surface area contributed by atoms with Crippen LogP contribution in [0.25, 0.3) is 11.3 Å². The number of piperazine rings is 1. The average molecular weight is 381 g/mol. The number of aliphatic hydroxyl groups excluding tert-OH is 1. The minimum atomic E-state index is 0.0442. The van der Waals surface area contributed by atoms with E-state index in [0.29, 0.717) is 24.3 Å². The van der Waals surface area contributed by atoms with Crippen LogP contribution in [0.2, 0.25) is 0 Å². The van der Waals surface area contributed by atoms with Gasteiger partial charge in [0.25, 0.3) is 5.91 Å². The van der Waals surface area contributed by atoms with Crippen LogP contribution in [0.4, 0.5) is 5.82 Å². The second-order valence-electron chi connectivity index (χ2n) is 7.76. The maximum atomic E-state index is 13.0. The SMILES string of the molecule is Nc1cc(-c2ccc(C(=O)N3CCN(CC4CC4)[C@H](CCO)C3)cc2)ncn1. The number of rotatable bonds is 6. The van der Waals surface area contributed by atoms with E-state index in [-0.39, 0.29) is 18.6 Å². The highest BCUT2D eigenvalue weighted by atomic mass is 16.3. The van der Waals surface area contributed by atoms with E-state index in [9.17, 15) is 9.90 Å². The molecule has 2 heterocycles. The van der Waals surface area contributed by atoms with Crippen molar-refractivity contribution in [1.29, 1.82) is 0 Å². The summed E-state index contributed by atoms with van der Waals surface area (Å²) in [6.07, 6.45) is 4.78. The molecule has 2 fully saturated rings. The van der Waals surface area contributed by atoms with Gasteiger partial charge in [0.2, 0.25) is 0 Å². The largest absolute Gasteiger partial charge is 0.396 e. The van der Waals surface area contributed by atoms with Crippen molar-refractivity contribution in [3.8, 4) is 11.3 Å². The summed E-state index contributed by atoms with van der Waals surface area (Å²) in [5.41, 5.74) is 8.03. The molecule has 1 saturated carbocycles. The smallest absolute Gasteiger partial charge is 0.253 e. The maximum absolute atomic E-state index is 13.0. The van der Waals surface area contributed by atoms with Gasteiger partial charge in [0.1, 0.15) is 12.1 Å². The fourth-order valence-corrected chi connectivity index (χ4v) is 3.87. The molecule has 4 rings (SSSR count). The molecule has 0 bridgehead atoms. The van der Waals surface area contributed by atoms with Crippen LogP contribution in [0.3, 0.4) is 0 Å². The maximum Gasteiger partial charge on any atom is 0.253 e. The summed E-state index contributed by atoms with van der Waals surface area (Å²) in [5, 5.41) is 9.44. The zero-order chi connectivity index (χ0) is 19.5. The number of anilines is 1. The topological polar surface area (TPSA) is 95.6 Å². The van der Waals surface area contributed by atoms with E-state index in [1.165, 1.54) is 19.2 Å². The molecule has 3 N–H and O–H groups in total. The van der Waals surface area contributed by atoms with E-state index < -0.39 is 0 Å². The molecule has 7 nitrogen and oxygen atoms in total. The fraction of sp³-hybridized carbons (Fsp3) is 0.476. The van der Waals surface area contributed by atoms with Crippen molar-refractivity contribution in [3.63, 3.8) is 0 Å². The highest BCUT2D eigenvalue weighted by Crippen LogP contribution is 2.31. The van der Waals surface area contributed by atoms with Crippen LogP contribution in [-0.2, 0) is 0 Å². The molecule has 1 amide bonds. The zero-order valence-electron chi connectivity index (χ0n) is 16.0. The molecule has 1 saturated heterocycles. The van der Waals surface area contributed by atoms with Gasteiger partial charge in [-0.2, -0.15) is 0 Å². The Hall–Kier alpha value is -2.51. The molecule has 1 aromatic heterocycles. The van der Waals surface area contributed by atoms with Gasteiger partial charge in [0.15, 0.2) is 0 Å². The number of carbonyl (C=O) groups excluding carboxylic acids is 1. The number of aliphatic hydroxyl groups is 1. The van der Waals surface area contributed by atoms with E-state index in [4.69, 9.17) is 5.73 Å². The summed E-state index contributed by atoms with van der Waals surface area (Å²) in [6.45, 7) is 3.55. The third kappa shape index (κ3) is 4.31. The monoisotopic (exact) mass is 381 g/mol. The summed E-state index contributed by atoms with van der Waals surface area (Å²) in [6, 6.07) is 9.43. The molecule has 0 radical (unpaired) electrons. The predicted octanol–water partition coefficient (Wildman–Crippen LogP) is 1.64. The Morgan fingerprint density at radius 2 is 1.96 bits per heavy atom. The van der Waals surface area contributed by atoms with Crippen molar-refractivity contribution in [1.82, 2.24) is 19.8 Å². The first-order valence-electron chi connectivity index (χ1n) is 9.96. The lowest BCUT2D eigenvalue weighted by Crippen LogP contribution is -2.55. The molecule has 1 aliphatic carbocycles. The quantitative estimate of drug-likeness (QED) is 0.790. The fourth-order valence-electron chi connectivity index (χ4n) is 3.87. The second-order valence-corrected chi connectivity index (χ2v) is 7.76. The van der Waals surface area contributed by atoms with Crippen LogP contribution in [-0.4, -0.2) is 69.6 Å². The summed E-state index contributed by atoms with van der Waals surface area (Å²) in [5.74, 6) is 1.28. The summed E-state index contributed by atoms with van der Waals surface area (Å²) >= 11 is 0. The summed E-state index contributed by atoms with van der Waals surface area (Å²) in [7, 11) is 0. The van der Waals surface area contributed by atoms with Crippen LogP contribution in [0.1, 0.15) is 29.6 Å². The highest BCUT2D eigenvalue weighted by Gasteiger charge is 2.33. The molecule has 0 spiro atoms. The van der Waals surface area contributed by atoms with Gasteiger partial charge in [-0.05, 0) is 37.3 Å². The van der Waals surface area contributed by atoms with Crippen LogP contribution < -0.4 is 5.73 Å². The van der Waals surface area contributed by atoms with E-state index in [2.05, 4.69) is 14.9 Å². The average Bonchev–Trinajstić information content (AvgIpc) is 3.53. The lowest BCUT2D eigenvalue weighted by Gasteiger charge is -2.41. The molecule has 148 valence electrons. The molecule has 2 aliphatic rings. The zero-order valence-corrected chi connectivity index (χ0v) is 16.0. The van der Waals surface area contributed by atoms with E-state index in [0.717, 1.165) is 36.8 Å². The Kier molecular flexibility index (Phi) is 5.54. The van der Waals surface area contributed by atoms with Gasteiger partial charge >= 0.3 is 0 Å². The van der Waals surface area contributed by atoms with Crippen molar-refractivity contribution in [2.75, 3.05) is 38.5 Å². The molecule has 28 heavy (non-hydrogen) atoms. The van der Waals surface area contributed by atoms with Crippen molar-refractivity contribution in [2.45, 2.75) is 25.3 Å². The molecular weight excluding hydrogens is 354 g/mol. The normalized spacial score (nSPS) is 20.3. The number of nitrogens with zero attached hydrogens (tertiary/aromatic N) is 4. The van der Waals surface area contributed by atoms with Gasteiger partial charge in [0, 0.05) is 56.0 Å². The molecule has 7 heteroatoms. The summed E-state index contributed by atoms with van der Waals surface area (Å²) in [4.78, 5) is 25.5. The predicted molar refractivity (Wildman–Crippen MR) is 108 cm³/mol. The van der Waals surface area contributed by atoms with Crippen LogP contribution >= 0.6 is 0 Å². The first kappa shape index (κ1) is 18.8. The summed E-state index contributed by atoms with van der Waals surface area (Å²) < 4.78 is 0. The molecule has 1 atom stereocenters. The minimum Gasteiger partial charge on any atom is -0.396 e. The van der Waals surface area contributed by atoms with Gasteiger partial charge in [-0.15, -0.1) is 0 Å². The Morgan fingerprint density at radius 3 is 2.64 bits per heavy atom.